The van der Waals surface area contributed by atoms with Crippen molar-refractivity contribution >= 4 is 5.82 Å². The maximum atomic E-state index is 13.3. The van der Waals surface area contributed by atoms with Gasteiger partial charge >= 0.3 is 0 Å². The highest BCUT2D eigenvalue weighted by Crippen LogP contribution is 2.41. The third-order valence-corrected chi connectivity index (χ3v) is 5.66. The molecule has 0 radical (unpaired) electrons. The lowest BCUT2D eigenvalue weighted by Gasteiger charge is -2.35. The smallest absolute Gasteiger partial charge is 0.280 e. The Kier molecular flexibility index (Phi) is 3.85. The highest BCUT2D eigenvalue weighted by atomic mass is 19.3. The first-order chi connectivity index (χ1) is 12.7. The van der Waals surface area contributed by atoms with Crippen LogP contribution in [0.2, 0.25) is 0 Å². The van der Waals surface area contributed by atoms with Gasteiger partial charge in [-0.2, -0.15) is 0 Å². The SMILES string of the molecule is FC(F)c1cc(N2CC3CC2CN3Cc2ccccn2)nc(C2CC2)n1. The number of rotatable bonds is 5. The zero-order valence-corrected chi connectivity index (χ0v) is 14.4. The summed E-state index contributed by atoms with van der Waals surface area (Å²) in [4.78, 5) is 17.8. The second-order valence-electron chi connectivity index (χ2n) is 7.53. The van der Waals surface area contributed by atoms with E-state index >= 15 is 0 Å². The van der Waals surface area contributed by atoms with E-state index in [0.717, 1.165) is 44.6 Å². The molecule has 2 aliphatic heterocycles. The molecule has 3 aliphatic rings. The zero-order valence-electron chi connectivity index (χ0n) is 14.4. The van der Waals surface area contributed by atoms with E-state index in [1.807, 2.05) is 24.4 Å². The lowest BCUT2D eigenvalue weighted by atomic mass is 10.2. The number of hydrogen-bond donors (Lipinski definition) is 0. The van der Waals surface area contributed by atoms with E-state index in [-0.39, 0.29) is 11.6 Å². The summed E-state index contributed by atoms with van der Waals surface area (Å²) in [5.74, 6) is 1.56. The van der Waals surface area contributed by atoms with Gasteiger partial charge in [-0.05, 0) is 31.4 Å². The van der Waals surface area contributed by atoms with Crippen LogP contribution in [0.1, 0.15) is 48.8 Å². The first-order valence-electron chi connectivity index (χ1n) is 9.25. The van der Waals surface area contributed by atoms with Crippen LogP contribution >= 0.6 is 0 Å². The van der Waals surface area contributed by atoms with Crippen LogP contribution in [0.4, 0.5) is 14.6 Å². The zero-order chi connectivity index (χ0) is 17.7. The van der Waals surface area contributed by atoms with Crippen LogP contribution in [-0.2, 0) is 6.54 Å². The first-order valence-corrected chi connectivity index (χ1v) is 9.25. The Labute approximate surface area is 151 Å². The molecule has 136 valence electrons. The molecule has 2 aromatic heterocycles. The molecule has 7 heteroatoms. The van der Waals surface area contributed by atoms with E-state index in [1.54, 1.807) is 0 Å². The van der Waals surface area contributed by atoms with Gasteiger partial charge in [0.25, 0.3) is 6.43 Å². The number of alkyl halides is 2. The van der Waals surface area contributed by atoms with Gasteiger partial charge in [0.1, 0.15) is 17.3 Å². The molecule has 3 fully saturated rings. The van der Waals surface area contributed by atoms with Gasteiger partial charge in [-0.3, -0.25) is 9.88 Å². The molecule has 2 unspecified atom stereocenters. The van der Waals surface area contributed by atoms with Crippen LogP contribution in [0.25, 0.3) is 0 Å². The minimum absolute atomic E-state index is 0.134. The molecular weight excluding hydrogens is 336 g/mol. The van der Waals surface area contributed by atoms with Gasteiger partial charge in [-0.15, -0.1) is 0 Å². The van der Waals surface area contributed by atoms with E-state index in [2.05, 4.69) is 24.8 Å². The molecule has 5 rings (SSSR count). The van der Waals surface area contributed by atoms with Gasteiger partial charge in [-0.25, -0.2) is 18.7 Å². The molecule has 1 aliphatic carbocycles. The number of pyridine rings is 1. The van der Waals surface area contributed by atoms with Crippen LogP contribution in [0, 0.1) is 0 Å². The summed E-state index contributed by atoms with van der Waals surface area (Å²) < 4.78 is 26.5. The molecule has 0 N–H and O–H groups in total. The molecule has 2 aromatic rings. The molecule has 2 atom stereocenters. The van der Waals surface area contributed by atoms with Gasteiger partial charge in [0, 0.05) is 49.9 Å². The van der Waals surface area contributed by atoms with Crippen molar-refractivity contribution in [3.63, 3.8) is 0 Å². The number of likely N-dealkylation sites (tertiary alicyclic amines) is 1. The summed E-state index contributed by atoms with van der Waals surface area (Å²) in [7, 11) is 0. The fraction of sp³-hybridized carbons (Fsp3) is 0.526. The minimum Gasteiger partial charge on any atom is -0.351 e. The normalized spacial score (nSPS) is 25.4. The largest absolute Gasteiger partial charge is 0.351 e. The lowest BCUT2D eigenvalue weighted by Crippen LogP contribution is -2.46. The Balaban J connectivity index is 1.34. The van der Waals surface area contributed by atoms with Crippen LogP contribution in [0.3, 0.4) is 0 Å². The Hall–Kier alpha value is -2.15. The molecular formula is C19H21F2N5. The minimum atomic E-state index is -2.55. The maximum Gasteiger partial charge on any atom is 0.280 e. The van der Waals surface area contributed by atoms with Gasteiger partial charge in [0.05, 0.1) is 5.69 Å². The van der Waals surface area contributed by atoms with Crippen molar-refractivity contribution < 1.29 is 8.78 Å². The quantitative estimate of drug-likeness (QED) is 0.823. The summed E-state index contributed by atoms with van der Waals surface area (Å²) in [6, 6.07) is 8.22. The topological polar surface area (TPSA) is 45.2 Å². The molecule has 5 nitrogen and oxygen atoms in total. The second kappa shape index (κ2) is 6.23. The monoisotopic (exact) mass is 357 g/mol. The van der Waals surface area contributed by atoms with E-state index in [1.165, 1.54) is 6.07 Å². The van der Waals surface area contributed by atoms with E-state index in [0.29, 0.717) is 23.7 Å². The Bertz CT molecular complexity index is 776. The van der Waals surface area contributed by atoms with Crippen molar-refractivity contribution in [2.75, 3.05) is 18.0 Å². The fourth-order valence-corrected chi connectivity index (χ4v) is 4.18. The summed E-state index contributed by atoms with van der Waals surface area (Å²) in [6.07, 6.45) is 2.35. The highest BCUT2D eigenvalue weighted by Gasteiger charge is 2.44. The summed E-state index contributed by atoms with van der Waals surface area (Å²) in [6.45, 7) is 2.60. The van der Waals surface area contributed by atoms with Crippen molar-refractivity contribution in [2.45, 2.75) is 50.2 Å². The molecule has 2 saturated heterocycles. The van der Waals surface area contributed by atoms with Crippen LogP contribution in [0.15, 0.2) is 30.5 Å². The van der Waals surface area contributed by atoms with Gasteiger partial charge in [0.15, 0.2) is 0 Å². The molecule has 0 spiro atoms. The van der Waals surface area contributed by atoms with Crippen LogP contribution in [-0.4, -0.2) is 45.0 Å². The molecule has 2 bridgehead atoms. The second-order valence-corrected chi connectivity index (χ2v) is 7.53. The summed E-state index contributed by atoms with van der Waals surface area (Å²) in [5.41, 5.74) is 0.939. The number of halogens is 2. The van der Waals surface area contributed by atoms with Crippen molar-refractivity contribution in [3.8, 4) is 0 Å². The highest BCUT2D eigenvalue weighted by molar-refractivity contribution is 5.45. The Morgan fingerprint density at radius 2 is 2.00 bits per heavy atom. The number of aromatic nitrogens is 3. The Morgan fingerprint density at radius 1 is 1.12 bits per heavy atom. The molecule has 26 heavy (non-hydrogen) atoms. The molecule has 0 aromatic carbocycles. The third kappa shape index (κ3) is 2.94. The average molecular weight is 357 g/mol. The van der Waals surface area contributed by atoms with Crippen molar-refractivity contribution in [3.05, 3.63) is 47.7 Å². The third-order valence-electron chi connectivity index (χ3n) is 5.66. The molecule has 0 amide bonds. The fourth-order valence-electron chi connectivity index (χ4n) is 4.18. The van der Waals surface area contributed by atoms with Gasteiger partial charge < -0.3 is 4.90 Å². The lowest BCUT2D eigenvalue weighted by molar-refractivity contribution is 0.145. The number of fused-ring (bicyclic) bond motifs is 2. The number of hydrogen-bond acceptors (Lipinski definition) is 5. The van der Waals surface area contributed by atoms with Crippen LogP contribution in [0.5, 0.6) is 0 Å². The summed E-state index contributed by atoms with van der Waals surface area (Å²) in [5, 5.41) is 0. The first kappa shape index (κ1) is 16.1. The van der Waals surface area contributed by atoms with Crippen molar-refractivity contribution in [1.29, 1.82) is 0 Å². The van der Waals surface area contributed by atoms with Gasteiger partial charge in [0.2, 0.25) is 0 Å². The summed E-state index contributed by atoms with van der Waals surface area (Å²) >= 11 is 0. The van der Waals surface area contributed by atoms with E-state index < -0.39 is 6.43 Å². The maximum absolute atomic E-state index is 13.3. The molecule has 1 saturated carbocycles. The van der Waals surface area contributed by atoms with E-state index in [9.17, 15) is 8.78 Å². The Morgan fingerprint density at radius 3 is 2.65 bits per heavy atom. The van der Waals surface area contributed by atoms with Crippen LogP contribution < -0.4 is 4.90 Å². The van der Waals surface area contributed by atoms with E-state index in [4.69, 9.17) is 0 Å². The predicted molar refractivity (Wildman–Crippen MR) is 93.2 cm³/mol. The standard InChI is InChI=1S/C19H21F2N5/c20-18(21)16-8-17(24-19(23-16)12-4-5-12)26-11-14-7-15(26)10-25(14)9-13-3-1-2-6-22-13/h1-3,6,8,12,14-15,18H,4-5,7,9-11H2. The molecule has 4 heterocycles. The number of piperazine rings is 1. The predicted octanol–water partition coefficient (Wildman–Crippen LogP) is 3.15. The van der Waals surface area contributed by atoms with Gasteiger partial charge in [-0.1, -0.05) is 6.07 Å². The number of anilines is 1. The average Bonchev–Trinajstić information content (AvgIpc) is 3.33. The number of nitrogens with zero attached hydrogens (tertiary/aromatic N) is 5. The van der Waals surface area contributed by atoms with Crippen molar-refractivity contribution in [1.82, 2.24) is 19.9 Å². The van der Waals surface area contributed by atoms with Crippen molar-refractivity contribution in [2.24, 2.45) is 0 Å².